The molecule has 2 amide bonds. The number of ketones is 1. The van der Waals surface area contributed by atoms with E-state index in [0.717, 1.165) is 18.6 Å². The lowest BCUT2D eigenvalue weighted by Gasteiger charge is -2.35. The van der Waals surface area contributed by atoms with Crippen molar-refractivity contribution >= 4 is 38.5 Å². The summed E-state index contributed by atoms with van der Waals surface area (Å²) in [6.07, 6.45) is -2.51. The fourth-order valence-electron chi connectivity index (χ4n) is 6.37. The molecule has 0 spiro atoms. The molecule has 3 aliphatic rings. The maximum Gasteiger partial charge on any atom is 0.416 e. The minimum Gasteiger partial charge on any atom is -0.457 e. The van der Waals surface area contributed by atoms with E-state index in [9.17, 15) is 36.0 Å². The Morgan fingerprint density at radius 1 is 1.00 bits per heavy atom. The number of hydrogen-bond donors (Lipinski definition) is 2. The van der Waals surface area contributed by atoms with Crippen molar-refractivity contribution in [2.45, 2.75) is 39.3 Å². The molecule has 2 bridgehead atoms. The molecular weight excluding hydrogens is 563 g/mol. The number of fused-ring (bicyclic) bond motifs is 2. The lowest BCUT2D eigenvalue weighted by atomic mass is 9.70. The molecule has 1 aliphatic heterocycles. The third kappa shape index (κ3) is 4.99. The molecule has 41 heavy (non-hydrogen) atoms. The fraction of sp³-hybridized carbons (Fsp3) is 0.345. The maximum absolute atomic E-state index is 12.9. The van der Waals surface area contributed by atoms with Gasteiger partial charge >= 0.3 is 6.18 Å². The number of amides is 2. The second-order valence-electron chi connectivity index (χ2n) is 11.1. The van der Waals surface area contributed by atoms with Gasteiger partial charge in [0.15, 0.2) is 0 Å². The van der Waals surface area contributed by atoms with Gasteiger partial charge < -0.3 is 4.74 Å². The van der Waals surface area contributed by atoms with E-state index in [2.05, 4.69) is 5.32 Å². The summed E-state index contributed by atoms with van der Waals surface area (Å²) < 4.78 is 75.2. The number of rotatable bonds is 4. The molecule has 0 saturated heterocycles. The van der Waals surface area contributed by atoms with Gasteiger partial charge in [-0.05, 0) is 60.6 Å². The second kappa shape index (κ2) is 9.66. The molecule has 2 saturated carbocycles. The molecule has 2 atom stereocenters. The van der Waals surface area contributed by atoms with Crippen molar-refractivity contribution in [1.82, 2.24) is 5.32 Å². The van der Waals surface area contributed by atoms with Crippen LogP contribution in [0.2, 0.25) is 0 Å². The zero-order chi connectivity index (χ0) is 30.0. The Labute approximate surface area is 233 Å². The van der Waals surface area contributed by atoms with Crippen LogP contribution in [0.25, 0.3) is 10.8 Å². The number of carbonyl (C=O) groups is 3. The van der Waals surface area contributed by atoms with Crippen molar-refractivity contribution in [3.63, 3.8) is 0 Å². The van der Waals surface area contributed by atoms with Crippen molar-refractivity contribution in [2.75, 3.05) is 5.75 Å². The van der Waals surface area contributed by atoms with E-state index in [1.807, 2.05) is 13.8 Å². The Hall–Kier alpha value is -3.77. The molecule has 8 nitrogen and oxygen atoms in total. The minimum atomic E-state index is -4.48. The number of hydrogen-bond acceptors (Lipinski definition) is 6. The number of carbonyl (C=O) groups excluding carboxylic acids is 3. The van der Waals surface area contributed by atoms with Gasteiger partial charge in [-0.1, -0.05) is 32.0 Å². The van der Waals surface area contributed by atoms with Gasteiger partial charge in [-0.2, -0.15) is 21.6 Å². The Bertz CT molecular complexity index is 1690. The quantitative estimate of drug-likeness (QED) is 0.291. The predicted molar refractivity (Wildman–Crippen MR) is 142 cm³/mol. The first kappa shape index (κ1) is 28.7. The van der Waals surface area contributed by atoms with Gasteiger partial charge in [0, 0.05) is 28.3 Å². The molecule has 2 unspecified atom stereocenters. The standard InChI is InChI=1S/C19H10F3NO3.C10H16O4S/c20-19(21,22)10-3-1-4-11(9-10)26-15-8-7-14-16-12(15)5-2-6-13(16)17(24)23-18(14)25;1-9(2)7-3-4-10(9,8(11)5-7)6-15(12,13)14/h1-9H,(H,23,24,25);7H,3-6H2,1-2H3,(H,12,13,14). The molecule has 1 heterocycles. The van der Waals surface area contributed by atoms with Gasteiger partial charge in [0.25, 0.3) is 21.9 Å². The first-order valence-electron chi connectivity index (χ1n) is 12.8. The summed E-state index contributed by atoms with van der Waals surface area (Å²) in [6.45, 7) is 3.89. The van der Waals surface area contributed by atoms with Gasteiger partial charge in [-0.3, -0.25) is 24.3 Å². The molecule has 3 aromatic rings. The van der Waals surface area contributed by atoms with Gasteiger partial charge in [0.2, 0.25) is 0 Å². The van der Waals surface area contributed by atoms with Crippen LogP contribution in [-0.4, -0.2) is 36.3 Å². The van der Waals surface area contributed by atoms with Gasteiger partial charge in [-0.15, -0.1) is 0 Å². The van der Waals surface area contributed by atoms with Crippen LogP contribution in [-0.2, 0) is 21.1 Å². The summed E-state index contributed by atoms with van der Waals surface area (Å²) >= 11 is 0. The highest BCUT2D eigenvalue weighted by molar-refractivity contribution is 7.85. The van der Waals surface area contributed by atoms with Gasteiger partial charge in [0.05, 0.1) is 16.7 Å². The summed E-state index contributed by atoms with van der Waals surface area (Å²) in [5.74, 6) is -0.885. The van der Waals surface area contributed by atoms with Crippen molar-refractivity contribution in [1.29, 1.82) is 0 Å². The highest BCUT2D eigenvalue weighted by atomic mass is 32.2. The summed E-state index contributed by atoms with van der Waals surface area (Å²) in [4.78, 5) is 35.9. The van der Waals surface area contributed by atoms with E-state index in [4.69, 9.17) is 9.29 Å². The fourth-order valence-corrected chi connectivity index (χ4v) is 7.67. The average Bonchev–Trinajstić information content (AvgIpc) is 3.21. The number of imide groups is 1. The minimum absolute atomic E-state index is 0.00659. The number of benzene rings is 3. The molecule has 2 fully saturated rings. The average molecular weight is 590 g/mol. The summed E-state index contributed by atoms with van der Waals surface area (Å²) in [7, 11) is -4.08. The molecule has 216 valence electrons. The lowest BCUT2D eigenvalue weighted by molar-refractivity contribution is -0.137. The van der Waals surface area contributed by atoms with Crippen LogP contribution >= 0.6 is 0 Å². The van der Waals surface area contributed by atoms with Crippen LogP contribution in [0.5, 0.6) is 11.5 Å². The Balaban J connectivity index is 0.000000191. The smallest absolute Gasteiger partial charge is 0.416 e. The largest absolute Gasteiger partial charge is 0.457 e. The first-order valence-corrected chi connectivity index (χ1v) is 14.4. The maximum atomic E-state index is 12.9. The number of halogens is 3. The van der Waals surface area contributed by atoms with E-state index in [-0.39, 0.29) is 28.6 Å². The molecule has 2 N–H and O–H groups in total. The third-order valence-corrected chi connectivity index (χ3v) is 9.53. The highest BCUT2D eigenvalue weighted by Gasteiger charge is 2.65. The number of nitrogens with one attached hydrogen (secondary N) is 1. The third-order valence-electron chi connectivity index (χ3n) is 8.67. The second-order valence-corrected chi connectivity index (χ2v) is 12.6. The Kier molecular flexibility index (Phi) is 6.77. The topological polar surface area (TPSA) is 127 Å². The predicted octanol–water partition coefficient (Wildman–Crippen LogP) is 5.80. The van der Waals surface area contributed by atoms with Crippen LogP contribution in [0.4, 0.5) is 13.2 Å². The van der Waals surface area contributed by atoms with Gasteiger partial charge in [-0.25, -0.2) is 0 Å². The van der Waals surface area contributed by atoms with Crippen LogP contribution in [0.3, 0.4) is 0 Å². The SMILES string of the molecule is CC1(C)C2CCC1(CS(=O)(=O)O)C(=O)C2.O=C1NC(=O)c2ccc(Oc3cccc(C(F)(F)F)c3)c3cccc1c23. The zero-order valence-corrected chi connectivity index (χ0v) is 22.9. The summed E-state index contributed by atoms with van der Waals surface area (Å²) in [5.41, 5.74) is -1.32. The van der Waals surface area contributed by atoms with E-state index >= 15 is 0 Å². The Morgan fingerprint density at radius 2 is 1.66 bits per heavy atom. The molecule has 6 rings (SSSR count). The van der Waals surface area contributed by atoms with Crippen LogP contribution < -0.4 is 10.1 Å². The lowest BCUT2D eigenvalue weighted by Crippen LogP contribution is -2.42. The Morgan fingerprint density at radius 3 is 2.24 bits per heavy atom. The van der Waals surface area contributed by atoms with Crippen LogP contribution in [0.15, 0.2) is 54.6 Å². The molecule has 0 radical (unpaired) electrons. The van der Waals surface area contributed by atoms with Crippen LogP contribution in [0.1, 0.15) is 59.4 Å². The van der Waals surface area contributed by atoms with Crippen LogP contribution in [0, 0.1) is 16.7 Å². The van der Waals surface area contributed by atoms with Crippen molar-refractivity contribution in [3.8, 4) is 11.5 Å². The molecule has 12 heteroatoms. The molecule has 2 aliphatic carbocycles. The summed E-state index contributed by atoms with van der Waals surface area (Å²) in [6, 6.07) is 12.3. The number of Topliss-reactive ketones (excluding diaryl/α,β-unsaturated/α-hetero) is 1. The molecular formula is C29H26F3NO7S. The molecule has 3 aromatic carbocycles. The molecule has 0 aromatic heterocycles. The first-order chi connectivity index (χ1) is 19.0. The number of alkyl halides is 3. The monoisotopic (exact) mass is 589 g/mol. The van der Waals surface area contributed by atoms with Crippen molar-refractivity contribution in [3.05, 3.63) is 71.3 Å². The van der Waals surface area contributed by atoms with E-state index in [1.165, 1.54) is 24.3 Å². The van der Waals surface area contributed by atoms with E-state index < -0.39 is 44.8 Å². The van der Waals surface area contributed by atoms with Crippen molar-refractivity contribution < 1.29 is 45.3 Å². The summed E-state index contributed by atoms with van der Waals surface area (Å²) in [5, 5.41) is 3.14. The zero-order valence-electron chi connectivity index (χ0n) is 22.0. The van der Waals surface area contributed by atoms with Gasteiger partial charge in [0.1, 0.15) is 17.3 Å². The van der Waals surface area contributed by atoms with Crippen molar-refractivity contribution in [2.24, 2.45) is 16.7 Å². The highest BCUT2D eigenvalue weighted by Crippen LogP contribution is 2.64. The van der Waals surface area contributed by atoms with E-state index in [1.54, 1.807) is 18.2 Å². The van der Waals surface area contributed by atoms with E-state index in [0.29, 0.717) is 34.7 Å². The normalized spacial score (nSPS) is 22.8. The number of ether oxygens (including phenoxy) is 1.